The zero-order valence-corrected chi connectivity index (χ0v) is 11.2. The maximum Gasteiger partial charge on any atom is 0.137 e. The van der Waals surface area contributed by atoms with E-state index >= 15 is 0 Å². The molecule has 1 atom stereocenters. The molecule has 0 amide bonds. The first kappa shape index (κ1) is 13.7. The second-order valence-electron chi connectivity index (χ2n) is 3.57. The summed E-state index contributed by atoms with van der Waals surface area (Å²) >= 11 is 5.83. The molecule has 0 saturated heterocycles. The molecule has 1 aromatic carbocycles. The molecule has 1 aromatic heterocycles. The van der Waals surface area contributed by atoms with Gasteiger partial charge in [-0.05, 0) is 17.7 Å². The number of rotatable bonds is 3. The third kappa shape index (κ3) is 4.19. The van der Waals surface area contributed by atoms with Crippen LogP contribution in [-0.2, 0) is 6.54 Å². The Bertz CT molecular complexity index is 409. The van der Waals surface area contributed by atoms with E-state index in [0.29, 0.717) is 5.92 Å². The normalized spacial score (nSPS) is 11.5. The Labute approximate surface area is 107 Å². The van der Waals surface area contributed by atoms with E-state index in [-0.39, 0.29) is 0 Å². The van der Waals surface area contributed by atoms with Gasteiger partial charge in [0.25, 0.3) is 0 Å². The highest BCUT2D eigenvalue weighted by Crippen LogP contribution is 2.19. The molecule has 0 radical (unpaired) electrons. The number of benzene rings is 1. The third-order valence-electron chi connectivity index (χ3n) is 2.37. The van der Waals surface area contributed by atoms with Crippen LogP contribution in [0.3, 0.4) is 0 Å². The summed E-state index contributed by atoms with van der Waals surface area (Å²) in [6.45, 7) is 6.99. The number of aromatic nitrogens is 3. The van der Waals surface area contributed by atoms with Gasteiger partial charge in [-0.15, -0.1) is 0 Å². The molecular formula is C13H18ClN3. The van der Waals surface area contributed by atoms with Gasteiger partial charge in [-0.1, -0.05) is 44.5 Å². The molecule has 0 bridgehead atoms. The van der Waals surface area contributed by atoms with Crippen molar-refractivity contribution in [2.24, 2.45) is 0 Å². The molecule has 1 heterocycles. The summed E-state index contributed by atoms with van der Waals surface area (Å²) in [6, 6.07) is 7.91. The molecule has 0 saturated carbocycles. The maximum absolute atomic E-state index is 5.83. The average molecular weight is 252 g/mol. The Morgan fingerprint density at radius 1 is 1.24 bits per heavy atom. The van der Waals surface area contributed by atoms with Gasteiger partial charge in [0.1, 0.15) is 12.7 Å². The Morgan fingerprint density at radius 3 is 2.41 bits per heavy atom. The molecule has 4 heteroatoms. The van der Waals surface area contributed by atoms with Gasteiger partial charge in [-0.2, -0.15) is 5.10 Å². The second-order valence-corrected chi connectivity index (χ2v) is 4.01. The van der Waals surface area contributed by atoms with Crippen LogP contribution in [0.15, 0.2) is 36.9 Å². The Morgan fingerprint density at radius 2 is 1.88 bits per heavy atom. The molecular weight excluding hydrogens is 234 g/mol. The van der Waals surface area contributed by atoms with E-state index in [1.807, 2.05) is 42.8 Å². The van der Waals surface area contributed by atoms with Crippen LogP contribution < -0.4 is 0 Å². The number of halogens is 1. The van der Waals surface area contributed by atoms with Crippen LogP contribution in [0.2, 0.25) is 5.02 Å². The number of hydrogen-bond acceptors (Lipinski definition) is 2. The molecule has 0 aliphatic carbocycles. The summed E-state index contributed by atoms with van der Waals surface area (Å²) in [7, 11) is 0. The van der Waals surface area contributed by atoms with Crippen molar-refractivity contribution < 1.29 is 0 Å². The Hall–Kier alpha value is -1.35. The van der Waals surface area contributed by atoms with Crippen molar-refractivity contribution in [1.82, 2.24) is 14.8 Å². The molecule has 0 aliphatic heterocycles. The summed E-state index contributed by atoms with van der Waals surface area (Å²) in [4.78, 5) is 3.91. The van der Waals surface area contributed by atoms with E-state index in [1.165, 1.54) is 5.56 Å². The van der Waals surface area contributed by atoms with Gasteiger partial charge in [-0.25, -0.2) is 4.98 Å². The highest BCUT2D eigenvalue weighted by Gasteiger charge is 2.06. The minimum atomic E-state index is 0.406. The Balaban J connectivity index is 0.000000686. The largest absolute Gasteiger partial charge is 0.252 e. The van der Waals surface area contributed by atoms with Crippen LogP contribution in [0.1, 0.15) is 32.3 Å². The van der Waals surface area contributed by atoms with Crippen molar-refractivity contribution in [3.05, 3.63) is 47.5 Å². The fourth-order valence-electron chi connectivity index (χ4n) is 1.50. The smallest absolute Gasteiger partial charge is 0.137 e. The Kier molecular flexibility index (Phi) is 5.70. The van der Waals surface area contributed by atoms with Crippen molar-refractivity contribution in [2.45, 2.75) is 33.2 Å². The molecule has 3 nitrogen and oxygen atoms in total. The van der Waals surface area contributed by atoms with Gasteiger partial charge in [0.2, 0.25) is 0 Å². The number of nitrogens with zero attached hydrogens (tertiary/aromatic N) is 3. The molecule has 1 unspecified atom stereocenters. The highest BCUT2D eigenvalue weighted by atomic mass is 35.5. The van der Waals surface area contributed by atoms with Crippen LogP contribution in [0.4, 0.5) is 0 Å². The van der Waals surface area contributed by atoms with Gasteiger partial charge in [0.05, 0.1) is 0 Å². The fourth-order valence-corrected chi connectivity index (χ4v) is 1.63. The van der Waals surface area contributed by atoms with Gasteiger partial charge in [0.15, 0.2) is 0 Å². The van der Waals surface area contributed by atoms with E-state index in [4.69, 9.17) is 11.6 Å². The fraction of sp³-hybridized carbons (Fsp3) is 0.385. The van der Waals surface area contributed by atoms with Gasteiger partial charge in [-0.3, -0.25) is 4.68 Å². The third-order valence-corrected chi connectivity index (χ3v) is 2.62. The first-order valence-electron chi connectivity index (χ1n) is 5.83. The van der Waals surface area contributed by atoms with Gasteiger partial charge < -0.3 is 0 Å². The first-order valence-corrected chi connectivity index (χ1v) is 6.21. The quantitative estimate of drug-likeness (QED) is 0.832. The minimum absolute atomic E-state index is 0.406. The molecule has 0 spiro atoms. The lowest BCUT2D eigenvalue weighted by Crippen LogP contribution is -2.06. The van der Waals surface area contributed by atoms with Crippen LogP contribution in [0, 0.1) is 0 Å². The minimum Gasteiger partial charge on any atom is -0.252 e. The van der Waals surface area contributed by atoms with E-state index in [1.54, 1.807) is 12.7 Å². The summed E-state index contributed by atoms with van der Waals surface area (Å²) in [5.41, 5.74) is 1.26. The maximum atomic E-state index is 5.83. The van der Waals surface area contributed by atoms with Gasteiger partial charge >= 0.3 is 0 Å². The molecule has 2 rings (SSSR count). The van der Waals surface area contributed by atoms with Crippen molar-refractivity contribution in [1.29, 1.82) is 0 Å². The molecule has 0 fully saturated rings. The second kappa shape index (κ2) is 7.07. The molecule has 2 aromatic rings. The lowest BCUT2D eigenvalue weighted by atomic mass is 10.0. The van der Waals surface area contributed by atoms with E-state index in [0.717, 1.165) is 11.6 Å². The highest BCUT2D eigenvalue weighted by molar-refractivity contribution is 6.30. The van der Waals surface area contributed by atoms with Crippen LogP contribution in [-0.4, -0.2) is 14.8 Å². The number of hydrogen-bond donors (Lipinski definition) is 0. The lowest BCUT2D eigenvalue weighted by Gasteiger charge is -2.11. The summed E-state index contributed by atoms with van der Waals surface area (Å²) in [5.74, 6) is 0.406. The standard InChI is InChI=1S/C11H12ClN3.C2H6/c1-9(6-15-8-13-7-14-15)10-2-4-11(12)5-3-10;1-2/h2-5,7-9H,6H2,1H3;1-2H3. The van der Waals surface area contributed by atoms with E-state index in [2.05, 4.69) is 17.0 Å². The van der Waals surface area contributed by atoms with Gasteiger partial charge in [0, 0.05) is 17.5 Å². The lowest BCUT2D eigenvalue weighted by molar-refractivity contribution is 0.542. The topological polar surface area (TPSA) is 30.7 Å². The predicted molar refractivity (Wildman–Crippen MR) is 71.2 cm³/mol. The molecule has 0 aliphatic rings. The summed E-state index contributed by atoms with van der Waals surface area (Å²) in [5, 5.41) is 4.85. The molecule has 17 heavy (non-hydrogen) atoms. The van der Waals surface area contributed by atoms with Crippen molar-refractivity contribution in [3.63, 3.8) is 0 Å². The SMILES string of the molecule is CC.CC(Cn1cncn1)c1ccc(Cl)cc1. The van der Waals surface area contributed by atoms with Crippen molar-refractivity contribution in [3.8, 4) is 0 Å². The van der Waals surface area contributed by atoms with E-state index < -0.39 is 0 Å². The van der Waals surface area contributed by atoms with Crippen LogP contribution in [0.25, 0.3) is 0 Å². The average Bonchev–Trinajstić information content (AvgIpc) is 2.85. The zero-order valence-electron chi connectivity index (χ0n) is 10.5. The monoisotopic (exact) mass is 251 g/mol. The first-order chi connectivity index (χ1) is 8.25. The zero-order chi connectivity index (χ0) is 12.7. The predicted octanol–water partition coefficient (Wildman–Crippen LogP) is 3.76. The van der Waals surface area contributed by atoms with Crippen molar-refractivity contribution in [2.75, 3.05) is 0 Å². The van der Waals surface area contributed by atoms with Crippen LogP contribution in [0.5, 0.6) is 0 Å². The molecule has 0 N–H and O–H groups in total. The summed E-state index contributed by atoms with van der Waals surface area (Å²) < 4.78 is 1.83. The van der Waals surface area contributed by atoms with Crippen LogP contribution >= 0.6 is 11.6 Å². The molecule has 92 valence electrons. The van der Waals surface area contributed by atoms with E-state index in [9.17, 15) is 0 Å². The van der Waals surface area contributed by atoms with Crippen molar-refractivity contribution >= 4 is 11.6 Å². The summed E-state index contributed by atoms with van der Waals surface area (Å²) in [6.07, 6.45) is 3.28.